The van der Waals surface area contributed by atoms with Gasteiger partial charge in [0.2, 0.25) is 10.0 Å². The van der Waals surface area contributed by atoms with Crippen molar-refractivity contribution in [3.05, 3.63) is 23.0 Å². The smallest absolute Gasteiger partial charge is 0.233 e. The van der Waals surface area contributed by atoms with Crippen molar-refractivity contribution >= 4 is 27.3 Å². The number of aromatic nitrogens is 1. The van der Waals surface area contributed by atoms with E-state index in [1.165, 1.54) is 6.42 Å². The van der Waals surface area contributed by atoms with Gasteiger partial charge in [-0.25, -0.2) is 13.4 Å². The van der Waals surface area contributed by atoms with Gasteiger partial charge < -0.3 is 0 Å². The van der Waals surface area contributed by atoms with Crippen LogP contribution < -0.4 is 4.72 Å². The van der Waals surface area contributed by atoms with E-state index in [1.807, 2.05) is 6.92 Å². The molecule has 0 saturated heterocycles. The van der Waals surface area contributed by atoms with Crippen LogP contribution in [0, 0.1) is 12.8 Å². The topological polar surface area (TPSA) is 59.1 Å². The lowest BCUT2D eigenvalue weighted by molar-refractivity contribution is 0.385. The molecule has 2 rings (SSSR count). The summed E-state index contributed by atoms with van der Waals surface area (Å²) in [6, 6.07) is 1.70. The summed E-state index contributed by atoms with van der Waals surface area (Å²) in [6.07, 6.45) is 7.10. The number of nitrogens with one attached hydrogen (secondary N) is 1. The van der Waals surface area contributed by atoms with Gasteiger partial charge in [0.25, 0.3) is 0 Å². The first kappa shape index (κ1) is 14.6. The minimum atomic E-state index is -3.35. The minimum Gasteiger partial charge on any atom is -0.280 e. The Morgan fingerprint density at radius 1 is 1.37 bits per heavy atom. The standard InChI is InChI=1S/C13H19ClN2O2S/c1-10-7-12(13(14)15-8-10)16-19(17,18)9-11-5-3-2-4-6-11/h7-8,11,16H,2-6,9H2,1H3. The lowest BCUT2D eigenvalue weighted by Crippen LogP contribution is -2.24. The van der Waals surface area contributed by atoms with Crippen molar-refractivity contribution < 1.29 is 8.42 Å². The van der Waals surface area contributed by atoms with Crippen LogP contribution in [-0.4, -0.2) is 19.2 Å². The summed E-state index contributed by atoms with van der Waals surface area (Å²) in [5, 5.41) is 0.192. The van der Waals surface area contributed by atoms with Crippen LogP contribution in [0.3, 0.4) is 0 Å². The number of sulfonamides is 1. The zero-order valence-corrected chi connectivity index (χ0v) is 12.6. The van der Waals surface area contributed by atoms with Crippen molar-refractivity contribution in [3.8, 4) is 0 Å². The van der Waals surface area contributed by atoms with Crippen LogP contribution in [0.2, 0.25) is 5.15 Å². The summed E-state index contributed by atoms with van der Waals surface area (Å²) in [4.78, 5) is 3.95. The molecule has 1 aliphatic carbocycles. The van der Waals surface area contributed by atoms with E-state index in [1.54, 1.807) is 12.3 Å². The number of rotatable bonds is 4. The Labute approximate surface area is 119 Å². The SMILES string of the molecule is Cc1cnc(Cl)c(NS(=O)(=O)CC2CCCCC2)c1. The highest BCUT2D eigenvalue weighted by Gasteiger charge is 2.22. The molecule has 106 valence electrons. The van der Waals surface area contributed by atoms with Crippen LogP contribution in [-0.2, 0) is 10.0 Å². The number of pyridine rings is 1. The van der Waals surface area contributed by atoms with E-state index in [9.17, 15) is 8.42 Å². The van der Waals surface area contributed by atoms with E-state index in [0.29, 0.717) is 5.69 Å². The van der Waals surface area contributed by atoms with Gasteiger partial charge in [0.1, 0.15) is 0 Å². The highest BCUT2D eigenvalue weighted by atomic mass is 35.5. The van der Waals surface area contributed by atoms with Crippen molar-refractivity contribution in [1.29, 1.82) is 0 Å². The molecule has 0 aromatic carbocycles. The van der Waals surface area contributed by atoms with Crippen LogP contribution in [0.15, 0.2) is 12.3 Å². The van der Waals surface area contributed by atoms with E-state index >= 15 is 0 Å². The molecule has 0 unspecified atom stereocenters. The molecule has 1 aromatic heterocycles. The van der Waals surface area contributed by atoms with Crippen molar-refractivity contribution in [2.75, 3.05) is 10.5 Å². The third-order valence-electron chi connectivity index (χ3n) is 3.42. The second-order valence-electron chi connectivity index (χ2n) is 5.24. The van der Waals surface area contributed by atoms with Gasteiger partial charge in [-0.15, -0.1) is 0 Å². The van der Waals surface area contributed by atoms with Gasteiger partial charge in [-0.2, -0.15) is 0 Å². The average molecular weight is 303 g/mol. The van der Waals surface area contributed by atoms with Crippen molar-refractivity contribution in [1.82, 2.24) is 4.98 Å². The van der Waals surface area contributed by atoms with Gasteiger partial charge in [0.05, 0.1) is 11.4 Å². The second-order valence-corrected chi connectivity index (χ2v) is 7.36. The Balaban J connectivity index is 2.05. The molecule has 1 aliphatic rings. The van der Waals surface area contributed by atoms with Gasteiger partial charge >= 0.3 is 0 Å². The highest BCUT2D eigenvalue weighted by Crippen LogP contribution is 2.26. The number of nitrogens with zero attached hydrogens (tertiary/aromatic N) is 1. The van der Waals surface area contributed by atoms with Crippen molar-refractivity contribution in [2.45, 2.75) is 39.0 Å². The maximum atomic E-state index is 12.1. The fraction of sp³-hybridized carbons (Fsp3) is 0.615. The van der Waals surface area contributed by atoms with Gasteiger partial charge in [0, 0.05) is 6.20 Å². The largest absolute Gasteiger partial charge is 0.280 e. The molecule has 0 bridgehead atoms. The fourth-order valence-electron chi connectivity index (χ4n) is 2.50. The molecule has 1 heterocycles. The molecule has 1 fully saturated rings. The Bertz CT molecular complexity index is 540. The Morgan fingerprint density at radius 2 is 2.05 bits per heavy atom. The van der Waals surface area contributed by atoms with Crippen LogP contribution in [0.5, 0.6) is 0 Å². The number of halogens is 1. The zero-order valence-electron chi connectivity index (χ0n) is 11.0. The molecular formula is C13H19ClN2O2S. The van der Waals surface area contributed by atoms with Crippen LogP contribution in [0.4, 0.5) is 5.69 Å². The van der Waals surface area contributed by atoms with E-state index in [4.69, 9.17) is 11.6 Å². The third kappa shape index (κ3) is 4.35. The summed E-state index contributed by atoms with van der Waals surface area (Å²) in [5.41, 5.74) is 1.25. The molecule has 0 aliphatic heterocycles. The molecule has 6 heteroatoms. The normalized spacial score (nSPS) is 17.4. The van der Waals surface area contributed by atoms with E-state index in [0.717, 1.165) is 31.2 Å². The maximum Gasteiger partial charge on any atom is 0.233 e. The number of hydrogen-bond donors (Lipinski definition) is 1. The van der Waals surface area contributed by atoms with E-state index in [-0.39, 0.29) is 16.8 Å². The Hall–Kier alpha value is -0.810. The molecule has 4 nitrogen and oxygen atoms in total. The molecule has 19 heavy (non-hydrogen) atoms. The summed E-state index contributed by atoms with van der Waals surface area (Å²) < 4.78 is 26.8. The summed E-state index contributed by atoms with van der Waals surface area (Å²) >= 11 is 5.91. The summed E-state index contributed by atoms with van der Waals surface area (Å²) in [6.45, 7) is 1.85. The summed E-state index contributed by atoms with van der Waals surface area (Å²) in [7, 11) is -3.35. The molecule has 1 N–H and O–H groups in total. The minimum absolute atomic E-state index is 0.178. The summed E-state index contributed by atoms with van der Waals surface area (Å²) in [5.74, 6) is 0.444. The van der Waals surface area contributed by atoms with Gasteiger partial charge in [-0.1, -0.05) is 30.9 Å². The van der Waals surface area contributed by atoms with Crippen LogP contribution in [0.25, 0.3) is 0 Å². The van der Waals surface area contributed by atoms with Gasteiger partial charge in [0.15, 0.2) is 5.15 Å². The monoisotopic (exact) mass is 302 g/mol. The molecule has 1 aromatic rings. The first-order valence-corrected chi connectivity index (χ1v) is 8.62. The maximum absolute atomic E-state index is 12.1. The molecule has 0 atom stereocenters. The highest BCUT2D eigenvalue weighted by molar-refractivity contribution is 7.92. The Morgan fingerprint density at radius 3 is 2.74 bits per heavy atom. The van der Waals surface area contributed by atoms with Gasteiger partial charge in [-0.3, -0.25) is 4.72 Å². The molecule has 0 amide bonds. The van der Waals surface area contributed by atoms with Crippen LogP contribution >= 0.6 is 11.6 Å². The fourth-order valence-corrected chi connectivity index (χ4v) is 4.23. The van der Waals surface area contributed by atoms with Gasteiger partial charge in [-0.05, 0) is 37.3 Å². The molecular weight excluding hydrogens is 284 g/mol. The van der Waals surface area contributed by atoms with E-state index < -0.39 is 10.0 Å². The lowest BCUT2D eigenvalue weighted by Gasteiger charge is -2.21. The van der Waals surface area contributed by atoms with Crippen molar-refractivity contribution in [3.63, 3.8) is 0 Å². The molecule has 1 saturated carbocycles. The number of hydrogen-bond acceptors (Lipinski definition) is 3. The molecule has 0 spiro atoms. The first-order valence-electron chi connectivity index (χ1n) is 6.59. The Kier molecular flexibility index (Phi) is 4.68. The first-order chi connectivity index (χ1) is 8.96. The second kappa shape index (κ2) is 6.09. The third-order valence-corrected chi connectivity index (χ3v) is 5.16. The van der Waals surface area contributed by atoms with Crippen molar-refractivity contribution in [2.24, 2.45) is 5.92 Å². The zero-order chi connectivity index (χ0) is 13.9. The average Bonchev–Trinajstić information content (AvgIpc) is 2.34. The predicted molar refractivity (Wildman–Crippen MR) is 78.0 cm³/mol. The number of aryl methyl sites for hydroxylation is 1. The lowest BCUT2D eigenvalue weighted by atomic mass is 9.91. The number of anilines is 1. The molecule has 0 radical (unpaired) electrons. The predicted octanol–water partition coefficient (Wildman–Crippen LogP) is 3.37. The van der Waals surface area contributed by atoms with E-state index in [2.05, 4.69) is 9.71 Å². The van der Waals surface area contributed by atoms with Crippen LogP contribution in [0.1, 0.15) is 37.7 Å². The quantitative estimate of drug-likeness (QED) is 0.868.